The number of methoxy groups -OCH3 is 1. The molecule has 0 aliphatic carbocycles. The van der Waals surface area contributed by atoms with Gasteiger partial charge in [-0.1, -0.05) is 0 Å². The maximum atomic E-state index is 11.4. The fraction of sp³-hybridized carbons (Fsp3) is 0.462. The molecule has 108 valence electrons. The lowest BCUT2D eigenvalue weighted by molar-refractivity contribution is -0.384. The molecule has 2 rings (SSSR count). The number of ether oxygens (including phenoxy) is 1. The van der Waals surface area contributed by atoms with Crippen LogP contribution >= 0.6 is 0 Å². The molecule has 1 unspecified atom stereocenters. The van der Waals surface area contributed by atoms with E-state index in [9.17, 15) is 14.9 Å². The molecule has 0 aromatic heterocycles. The normalized spacial score (nSPS) is 18.8. The average molecular weight is 279 g/mol. The zero-order chi connectivity index (χ0) is 14.7. The summed E-state index contributed by atoms with van der Waals surface area (Å²) >= 11 is 0. The number of anilines is 1. The first-order chi connectivity index (χ1) is 9.49. The molecule has 7 nitrogen and oxygen atoms in total. The molecule has 0 radical (unpaired) electrons. The standard InChI is InChI=1S/C13H17N3O4/c1-15-8-9(3-4-13(15)17)14-10-5-11(16(18)19)7-12(6-10)20-2/h5-7,9,14H,3-4,8H2,1-2H3. The minimum Gasteiger partial charge on any atom is -0.496 e. The molecule has 0 spiro atoms. The van der Waals surface area contributed by atoms with Crippen LogP contribution in [0.5, 0.6) is 5.75 Å². The van der Waals surface area contributed by atoms with Crippen LogP contribution in [-0.4, -0.2) is 42.5 Å². The highest BCUT2D eigenvalue weighted by Crippen LogP contribution is 2.27. The number of amides is 1. The van der Waals surface area contributed by atoms with Crippen molar-refractivity contribution in [1.82, 2.24) is 4.90 Å². The smallest absolute Gasteiger partial charge is 0.275 e. The van der Waals surface area contributed by atoms with Gasteiger partial charge in [0.1, 0.15) is 5.75 Å². The van der Waals surface area contributed by atoms with E-state index in [0.29, 0.717) is 30.8 Å². The van der Waals surface area contributed by atoms with E-state index in [0.717, 1.165) is 0 Å². The summed E-state index contributed by atoms with van der Waals surface area (Å²) in [5, 5.41) is 14.1. The van der Waals surface area contributed by atoms with Gasteiger partial charge >= 0.3 is 0 Å². The summed E-state index contributed by atoms with van der Waals surface area (Å²) in [6, 6.07) is 4.65. The Hall–Kier alpha value is -2.31. The van der Waals surface area contributed by atoms with Crippen LogP contribution < -0.4 is 10.1 Å². The van der Waals surface area contributed by atoms with Crippen molar-refractivity contribution in [3.05, 3.63) is 28.3 Å². The van der Waals surface area contributed by atoms with Gasteiger partial charge in [0, 0.05) is 43.9 Å². The minimum atomic E-state index is -0.454. The van der Waals surface area contributed by atoms with Crippen molar-refractivity contribution in [2.45, 2.75) is 18.9 Å². The van der Waals surface area contributed by atoms with Crippen LogP contribution in [0.25, 0.3) is 0 Å². The summed E-state index contributed by atoms with van der Waals surface area (Å²) in [7, 11) is 3.22. The minimum absolute atomic E-state index is 0.0212. The summed E-state index contributed by atoms with van der Waals surface area (Å²) in [6.45, 7) is 0.587. The summed E-state index contributed by atoms with van der Waals surface area (Å²) in [6.07, 6.45) is 1.20. The summed E-state index contributed by atoms with van der Waals surface area (Å²) in [4.78, 5) is 23.5. The molecule has 7 heteroatoms. The van der Waals surface area contributed by atoms with Crippen molar-refractivity contribution in [2.75, 3.05) is 26.0 Å². The van der Waals surface area contributed by atoms with Gasteiger partial charge in [-0.3, -0.25) is 14.9 Å². The number of carbonyl (C=O) groups excluding carboxylic acids is 1. The van der Waals surface area contributed by atoms with E-state index in [2.05, 4.69) is 5.32 Å². The summed E-state index contributed by atoms with van der Waals surface area (Å²) in [5.74, 6) is 0.557. The molecule has 1 aromatic rings. The van der Waals surface area contributed by atoms with Crippen molar-refractivity contribution in [3.63, 3.8) is 0 Å². The first-order valence-electron chi connectivity index (χ1n) is 6.33. The third-order valence-electron chi connectivity index (χ3n) is 3.34. The lowest BCUT2D eigenvalue weighted by Crippen LogP contribution is -2.43. The van der Waals surface area contributed by atoms with Crippen LogP contribution in [-0.2, 0) is 4.79 Å². The van der Waals surface area contributed by atoms with Crippen LogP contribution in [0, 0.1) is 10.1 Å². The molecule has 1 aliphatic rings. The highest BCUT2D eigenvalue weighted by molar-refractivity contribution is 5.77. The van der Waals surface area contributed by atoms with Crippen LogP contribution in [0.1, 0.15) is 12.8 Å². The molecule has 0 bridgehead atoms. The molecular formula is C13H17N3O4. The van der Waals surface area contributed by atoms with Gasteiger partial charge in [0.05, 0.1) is 18.1 Å². The Morgan fingerprint density at radius 3 is 2.80 bits per heavy atom. The monoisotopic (exact) mass is 279 g/mol. The van der Waals surface area contributed by atoms with Gasteiger partial charge in [0.25, 0.3) is 5.69 Å². The molecule has 1 heterocycles. The molecule has 20 heavy (non-hydrogen) atoms. The Morgan fingerprint density at radius 1 is 1.45 bits per heavy atom. The first-order valence-corrected chi connectivity index (χ1v) is 6.33. The Kier molecular flexibility index (Phi) is 4.07. The van der Waals surface area contributed by atoms with Crippen molar-refractivity contribution in [2.24, 2.45) is 0 Å². The molecule has 1 aliphatic heterocycles. The lowest BCUT2D eigenvalue weighted by Gasteiger charge is -2.30. The number of non-ortho nitro benzene ring substituents is 1. The van der Waals surface area contributed by atoms with E-state index in [-0.39, 0.29) is 17.6 Å². The number of piperidine rings is 1. The van der Waals surface area contributed by atoms with Gasteiger partial charge in [-0.05, 0) is 6.42 Å². The molecule has 1 aromatic carbocycles. The van der Waals surface area contributed by atoms with E-state index >= 15 is 0 Å². The third kappa shape index (κ3) is 3.17. The predicted octanol–water partition coefficient (Wildman–Crippen LogP) is 1.64. The van der Waals surface area contributed by atoms with E-state index in [4.69, 9.17) is 4.74 Å². The Bertz CT molecular complexity index is 532. The molecular weight excluding hydrogens is 262 g/mol. The van der Waals surface area contributed by atoms with Crippen molar-refractivity contribution in [1.29, 1.82) is 0 Å². The number of hydrogen-bond donors (Lipinski definition) is 1. The highest BCUT2D eigenvalue weighted by Gasteiger charge is 2.23. The zero-order valence-corrected chi connectivity index (χ0v) is 11.5. The number of nitro benzene ring substituents is 1. The van der Waals surface area contributed by atoms with Gasteiger partial charge in [0.2, 0.25) is 5.91 Å². The number of nitro groups is 1. The Labute approximate surface area is 116 Å². The predicted molar refractivity (Wildman–Crippen MR) is 73.9 cm³/mol. The van der Waals surface area contributed by atoms with Crippen LogP contribution in [0.3, 0.4) is 0 Å². The highest BCUT2D eigenvalue weighted by atomic mass is 16.6. The number of nitrogens with one attached hydrogen (secondary N) is 1. The Balaban J connectivity index is 2.14. The largest absolute Gasteiger partial charge is 0.496 e. The van der Waals surface area contributed by atoms with Crippen LogP contribution in [0.15, 0.2) is 18.2 Å². The number of benzene rings is 1. The fourth-order valence-corrected chi connectivity index (χ4v) is 2.26. The number of nitrogens with zero attached hydrogens (tertiary/aromatic N) is 2. The summed E-state index contributed by atoms with van der Waals surface area (Å²) in [5.41, 5.74) is 0.607. The number of likely N-dealkylation sites (tertiary alicyclic amines) is 1. The topological polar surface area (TPSA) is 84.7 Å². The van der Waals surface area contributed by atoms with Crippen LogP contribution in [0.2, 0.25) is 0 Å². The second-order valence-corrected chi connectivity index (χ2v) is 4.83. The third-order valence-corrected chi connectivity index (χ3v) is 3.34. The molecule has 1 amide bonds. The van der Waals surface area contributed by atoms with Gasteiger partial charge < -0.3 is 15.0 Å². The molecule has 1 fully saturated rings. The fourth-order valence-electron chi connectivity index (χ4n) is 2.26. The van der Waals surface area contributed by atoms with Gasteiger partial charge in [-0.2, -0.15) is 0 Å². The van der Waals surface area contributed by atoms with Crippen molar-refractivity contribution < 1.29 is 14.5 Å². The zero-order valence-electron chi connectivity index (χ0n) is 11.5. The maximum absolute atomic E-state index is 11.4. The SMILES string of the molecule is COc1cc(NC2CCC(=O)N(C)C2)cc([N+](=O)[O-])c1. The Morgan fingerprint density at radius 2 is 2.20 bits per heavy atom. The van der Waals surface area contributed by atoms with Crippen molar-refractivity contribution in [3.8, 4) is 5.75 Å². The van der Waals surface area contributed by atoms with Crippen LogP contribution in [0.4, 0.5) is 11.4 Å². The van der Waals surface area contributed by atoms with Gasteiger partial charge in [0.15, 0.2) is 0 Å². The second-order valence-electron chi connectivity index (χ2n) is 4.83. The van der Waals surface area contributed by atoms with E-state index < -0.39 is 4.92 Å². The molecule has 1 atom stereocenters. The van der Waals surface area contributed by atoms with Gasteiger partial charge in [-0.25, -0.2) is 0 Å². The molecule has 1 N–H and O–H groups in total. The lowest BCUT2D eigenvalue weighted by atomic mass is 10.1. The number of likely N-dealkylation sites (N-methyl/N-ethyl adjacent to an activating group) is 1. The second kappa shape index (κ2) is 5.77. The van der Waals surface area contributed by atoms with E-state index in [1.54, 1.807) is 18.0 Å². The first kappa shape index (κ1) is 14.1. The quantitative estimate of drug-likeness (QED) is 0.669. The van der Waals surface area contributed by atoms with Crippen molar-refractivity contribution >= 4 is 17.3 Å². The molecule has 1 saturated heterocycles. The maximum Gasteiger partial charge on any atom is 0.275 e. The number of carbonyl (C=O) groups is 1. The number of rotatable bonds is 4. The van der Waals surface area contributed by atoms with Gasteiger partial charge in [-0.15, -0.1) is 0 Å². The summed E-state index contributed by atoms with van der Waals surface area (Å²) < 4.78 is 5.06. The van der Waals surface area contributed by atoms with E-state index in [1.165, 1.54) is 19.2 Å². The average Bonchev–Trinajstić information content (AvgIpc) is 2.42. The molecule has 0 saturated carbocycles. The van der Waals surface area contributed by atoms with E-state index in [1.807, 2.05) is 0 Å². The number of hydrogen-bond acceptors (Lipinski definition) is 5.